The zero-order valence-corrected chi connectivity index (χ0v) is 18.2. The van der Waals surface area contributed by atoms with Crippen molar-refractivity contribution in [2.75, 3.05) is 25.5 Å². The van der Waals surface area contributed by atoms with Crippen molar-refractivity contribution in [1.29, 1.82) is 0 Å². The first-order chi connectivity index (χ1) is 15.0. The molecule has 0 bridgehead atoms. The van der Waals surface area contributed by atoms with Crippen molar-refractivity contribution in [2.45, 2.75) is 19.4 Å². The molecule has 0 saturated carbocycles. The Morgan fingerprint density at radius 2 is 2.23 bits per heavy atom. The van der Waals surface area contributed by atoms with Crippen molar-refractivity contribution in [3.05, 3.63) is 54.6 Å². The van der Waals surface area contributed by atoms with E-state index in [1.807, 2.05) is 57.9 Å². The summed E-state index contributed by atoms with van der Waals surface area (Å²) in [6, 6.07) is 8.57. The van der Waals surface area contributed by atoms with Gasteiger partial charge in [0.25, 0.3) is 0 Å². The SMILES string of the molecule is C=NN(C)/C=C(\C)c1cccc(-c2ncc(-c3cnn(C)c3)c(N[C@H]3CCNC3)n2)c1. The number of nitrogens with zero attached hydrogens (tertiary/aromatic N) is 6. The van der Waals surface area contributed by atoms with Crippen LogP contribution in [0.2, 0.25) is 0 Å². The number of benzene rings is 1. The highest BCUT2D eigenvalue weighted by molar-refractivity contribution is 5.76. The van der Waals surface area contributed by atoms with Crippen LogP contribution in [0, 0.1) is 0 Å². The van der Waals surface area contributed by atoms with Crippen molar-refractivity contribution in [2.24, 2.45) is 12.1 Å². The second kappa shape index (κ2) is 9.09. The summed E-state index contributed by atoms with van der Waals surface area (Å²) in [5.74, 6) is 1.52. The molecule has 0 aliphatic carbocycles. The van der Waals surface area contributed by atoms with Gasteiger partial charge >= 0.3 is 0 Å². The van der Waals surface area contributed by atoms with Gasteiger partial charge in [0.15, 0.2) is 5.82 Å². The Balaban J connectivity index is 1.71. The summed E-state index contributed by atoms with van der Waals surface area (Å²) in [4.78, 5) is 9.61. The molecule has 3 aromatic rings. The van der Waals surface area contributed by atoms with E-state index in [1.54, 1.807) is 9.69 Å². The van der Waals surface area contributed by atoms with Crippen LogP contribution in [0.5, 0.6) is 0 Å². The summed E-state index contributed by atoms with van der Waals surface area (Å²) < 4.78 is 1.79. The zero-order chi connectivity index (χ0) is 21.8. The maximum atomic E-state index is 4.92. The minimum atomic E-state index is 0.344. The molecular formula is C23H28N8. The second-order valence-corrected chi connectivity index (χ2v) is 7.80. The van der Waals surface area contributed by atoms with Crippen LogP contribution < -0.4 is 10.6 Å². The fourth-order valence-corrected chi connectivity index (χ4v) is 3.67. The van der Waals surface area contributed by atoms with Gasteiger partial charge in [0, 0.05) is 68.7 Å². The van der Waals surface area contributed by atoms with Crippen molar-refractivity contribution in [3.63, 3.8) is 0 Å². The first-order valence-corrected chi connectivity index (χ1v) is 10.4. The van der Waals surface area contributed by atoms with E-state index < -0.39 is 0 Å². The molecule has 1 aliphatic heterocycles. The lowest BCUT2D eigenvalue weighted by Gasteiger charge is -2.16. The van der Waals surface area contributed by atoms with Crippen LogP contribution in [-0.4, -0.2) is 57.7 Å². The summed E-state index contributed by atoms with van der Waals surface area (Å²) in [5, 5.41) is 16.9. The molecule has 0 amide bonds. The highest BCUT2D eigenvalue weighted by atomic mass is 15.4. The molecule has 0 radical (unpaired) electrons. The third-order valence-electron chi connectivity index (χ3n) is 5.39. The van der Waals surface area contributed by atoms with Crippen molar-refractivity contribution >= 4 is 18.1 Å². The molecule has 2 N–H and O–H groups in total. The molecule has 0 spiro atoms. The molecule has 4 rings (SSSR count). The van der Waals surface area contributed by atoms with Crippen LogP contribution in [0.3, 0.4) is 0 Å². The van der Waals surface area contributed by atoms with E-state index in [2.05, 4.69) is 44.7 Å². The Hall–Kier alpha value is -3.52. The van der Waals surface area contributed by atoms with E-state index in [1.165, 1.54) is 0 Å². The smallest absolute Gasteiger partial charge is 0.161 e. The van der Waals surface area contributed by atoms with Gasteiger partial charge in [-0.2, -0.15) is 10.2 Å². The Bertz CT molecular complexity index is 1090. The fourth-order valence-electron chi connectivity index (χ4n) is 3.67. The molecule has 1 saturated heterocycles. The summed E-state index contributed by atoms with van der Waals surface area (Å²) in [6.45, 7) is 7.54. The van der Waals surface area contributed by atoms with Crippen LogP contribution in [-0.2, 0) is 7.05 Å². The molecule has 1 fully saturated rings. The largest absolute Gasteiger partial charge is 0.365 e. The quantitative estimate of drug-likeness (QED) is 0.455. The molecule has 0 unspecified atom stereocenters. The average molecular weight is 417 g/mol. The van der Waals surface area contributed by atoms with Crippen LogP contribution in [0.25, 0.3) is 28.1 Å². The lowest BCUT2D eigenvalue weighted by Crippen LogP contribution is -2.23. The van der Waals surface area contributed by atoms with Gasteiger partial charge in [-0.25, -0.2) is 9.97 Å². The highest BCUT2D eigenvalue weighted by Crippen LogP contribution is 2.29. The van der Waals surface area contributed by atoms with Crippen LogP contribution in [0.4, 0.5) is 5.82 Å². The van der Waals surface area contributed by atoms with Gasteiger partial charge in [0.2, 0.25) is 0 Å². The van der Waals surface area contributed by atoms with E-state index in [-0.39, 0.29) is 0 Å². The number of aromatic nitrogens is 4. The van der Waals surface area contributed by atoms with E-state index in [0.717, 1.165) is 53.2 Å². The summed E-state index contributed by atoms with van der Waals surface area (Å²) in [5.41, 5.74) is 5.08. The maximum absolute atomic E-state index is 4.92. The lowest BCUT2D eigenvalue weighted by molar-refractivity contribution is 0.496. The number of hydrogen-bond donors (Lipinski definition) is 2. The fraction of sp³-hybridized carbons (Fsp3) is 0.304. The first kappa shape index (κ1) is 20.7. The predicted octanol–water partition coefficient (Wildman–Crippen LogP) is 3.23. The molecule has 1 aliphatic rings. The topological polar surface area (TPSA) is 83.3 Å². The second-order valence-electron chi connectivity index (χ2n) is 7.80. The molecule has 31 heavy (non-hydrogen) atoms. The molecule has 8 nitrogen and oxygen atoms in total. The predicted molar refractivity (Wildman–Crippen MR) is 126 cm³/mol. The van der Waals surface area contributed by atoms with Gasteiger partial charge in [-0.1, -0.05) is 18.2 Å². The van der Waals surface area contributed by atoms with Gasteiger partial charge in [-0.3, -0.25) is 9.69 Å². The van der Waals surface area contributed by atoms with Gasteiger partial charge in [0.1, 0.15) is 5.82 Å². The average Bonchev–Trinajstić information content (AvgIpc) is 3.45. The molecule has 1 atom stereocenters. The third-order valence-corrected chi connectivity index (χ3v) is 5.39. The molecule has 3 heterocycles. The van der Waals surface area contributed by atoms with Crippen molar-refractivity contribution in [3.8, 4) is 22.5 Å². The summed E-state index contributed by atoms with van der Waals surface area (Å²) in [7, 11) is 3.77. The Morgan fingerprint density at radius 1 is 1.35 bits per heavy atom. The number of hydrazone groups is 1. The van der Waals surface area contributed by atoms with Crippen LogP contribution >= 0.6 is 0 Å². The van der Waals surface area contributed by atoms with Crippen molar-refractivity contribution < 1.29 is 0 Å². The monoisotopic (exact) mass is 416 g/mol. The molecule has 8 heteroatoms. The lowest BCUT2D eigenvalue weighted by atomic mass is 10.0. The third kappa shape index (κ3) is 4.80. The maximum Gasteiger partial charge on any atom is 0.161 e. The van der Waals surface area contributed by atoms with Crippen LogP contribution in [0.1, 0.15) is 18.9 Å². The number of anilines is 1. The van der Waals surface area contributed by atoms with E-state index >= 15 is 0 Å². The van der Waals surface area contributed by atoms with Crippen molar-refractivity contribution in [1.82, 2.24) is 30.1 Å². The van der Waals surface area contributed by atoms with Gasteiger partial charge in [-0.15, -0.1) is 0 Å². The van der Waals surface area contributed by atoms with Gasteiger partial charge < -0.3 is 10.6 Å². The number of nitrogens with one attached hydrogen (secondary N) is 2. The van der Waals surface area contributed by atoms with Crippen LogP contribution in [0.15, 0.2) is 54.2 Å². The highest BCUT2D eigenvalue weighted by Gasteiger charge is 2.19. The van der Waals surface area contributed by atoms with E-state index in [0.29, 0.717) is 11.9 Å². The number of allylic oxidation sites excluding steroid dienone is 1. The number of hydrogen-bond acceptors (Lipinski definition) is 7. The minimum Gasteiger partial charge on any atom is -0.365 e. The molecular weight excluding hydrogens is 388 g/mol. The first-order valence-electron chi connectivity index (χ1n) is 10.4. The number of aryl methyl sites for hydroxylation is 1. The zero-order valence-electron chi connectivity index (χ0n) is 18.2. The standard InChI is InChI=1S/C23H28N8/c1-16(14-30(3)24-2)17-6-5-7-18(10-17)22-26-13-21(19-11-27-31(4)15-19)23(29-22)28-20-8-9-25-12-20/h5-7,10-11,13-15,20,25H,2,8-9,12H2,1,3-4H3,(H,26,28,29)/b16-14+/t20-/m0/s1. The summed E-state index contributed by atoms with van der Waals surface area (Å²) in [6.07, 6.45) is 8.72. The Kier molecular flexibility index (Phi) is 6.08. The van der Waals surface area contributed by atoms with E-state index in [9.17, 15) is 0 Å². The van der Waals surface area contributed by atoms with Gasteiger partial charge in [0.05, 0.1) is 6.20 Å². The van der Waals surface area contributed by atoms with Gasteiger partial charge in [-0.05, 0) is 37.1 Å². The normalized spacial score (nSPS) is 16.4. The Labute approximate surface area is 182 Å². The molecule has 2 aromatic heterocycles. The minimum absolute atomic E-state index is 0.344. The molecule has 160 valence electrons. The Morgan fingerprint density at radius 3 is 2.94 bits per heavy atom. The van der Waals surface area contributed by atoms with E-state index in [4.69, 9.17) is 4.98 Å². The molecule has 1 aromatic carbocycles. The summed E-state index contributed by atoms with van der Waals surface area (Å²) >= 11 is 0. The number of rotatable bonds is 7.